The molecule has 2 aromatic rings. The van der Waals surface area contributed by atoms with Crippen molar-refractivity contribution in [3.05, 3.63) is 71.8 Å². The maximum atomic E-state index is 12.5. The van der Waals surface area contributed by atoms with E-state index in [0.717, 1.165) is 18.4 Å². The average Bonchev–Trinajstić information content (AvgIpc) is 2.67. The first kappa shape index (κ1) is 20.6. The summed E-state index contributed by atoms with van der Waals surface area (Å²) in [6, 6.07) is 20.0. The summed E-state index contributed by atoms with van der Waals surface area (Å²) in [7, 11) is 1.78. The van der Waals surface area contributed by atoms with Crippen LogP contribution in [0.2, 0.25) is 0 Å². The van der Waals surface area contributed by atoms with E-state index in [1.165, 1.54) is 5.56 Å². The lowest BCUT2D eigenvalue weighted by molar-refractivity contribution is -0.125. The van der Waals surface area contributed by atoms with Crippen molar-refractivity contribution in [2.75, 3.05) is 26.7 Å². The summed E-state index contributed by atoms with van der Waals surface area (Å²) in [4.78, 5) is 26.1. The van der Waals surface area contributed by atoms with Crippen molar-refractivity contribution in [1.29, 1.82) is 0 Å². The first-order valence-electron chi connectivity index (χ1n) is 9.42. The summed E-state index contributed by atoms with van der Waals surface area (Å²) in [6.45, 7) is 3.06. The van der Waals surface area contributed by atoms with Crippen LogP contribution >= 0.6 is 0 Å². The van der Waals surface area contributed by atoms with Gasteiger partial charge in [0.05, 0.1) is 19.1 Å². The topological polar surface area (TPSA) is 61.4 Å². The fourth-order valence-electron chi connectivity index (χ4n) is 2.89. The molecule has 2 aromatic carbocycles. The molecule has 2 N–H and O–H groups in total. The Kier molecular flexibility index (Phi) is 8.52. The van der Waals surface area contributed by atoms with E-state index in [0.29, 0.717) is 6.54 Å². The second-order valence-electron chi connectivity index (χ2n) is 6.74. The van der Waals surface area contributed by atoms with Gasteiger partial charge in [0, 0.05) is 6.54 Å². The minimum atomic E-state index is -0.108. The molecule has 5 heteroatoms. The first-order chi connectivity index (χ1) is 13.1. The van der Waals surface area contributed by atoms with Crippen LogP contribution in [0.1, 0.15) is 30.5 Å². The summed E-state index contributed by atoms with van der Waals surface area (Å²) in [6.07, 6.45) is 1.62. The number of benzene rings is 2. The zero-order valence-electron chi connectivity index (χ0n) is 16.2. The van der Waals surface area contributed by atoms with Gasteiger partial charge in [0.2, 0.25) is 11.8 Å². The number of rotatable bonds is 10. The molecule has 0 saturated heterocycles. The molecule has 1 atom stereocenters. The van der Waals surface area contributed by atoms with Gasteiger partial charge in [-0.2, -0.15) is 0 Å². The van der Waals surface area contributed by atoms with Gasteiger partial charge in [0.15, 0.2) is 0 Å². The van der Waals surface area contributed by atoms with E-state index in [-0.39, 0.29) is 30.9 Å². The van der Waals surface area contributed by atoms with Gasteiger partial charge in [0.1, 0.15) is 0 Å². The van der Waals surface area contributed by atoms with E-state index < -0.39 is 0 Å². The van der Waals surface area contributed by atoms with E-state index in [1.54, 1.807) is 11.9 Å². The van der Waals surface area contributed by atoms with E-state index in [9.17, 15) is 9.59 Å². The summed E-state index contributed by atoms with van der Waals surface area (Å²) in [5.41, 5.74) is 2.23. The molecule has 0 fully saturated rings. The predicted molar refractivity (Wildman–Crippen MR) is 108 cm³/mol. The van der Waals surface area contributed by atoms with Gasteiger partial charge < -0.3 is 10.6 Å². The first-order valence-corrected chi connectivity index (χ1v) is 9.42. The minimum Gasteiger partial charge on any atom is -0.355 e. The third-order valence-electron chi connectivity index (χ3n) is 4.22. The van der Waals surface area contributed by atoms with Gasteiger partial charge in [-0.1, -0.05) is 67.6 Å². The summed E-state index contributed by atoms with van der Waals surface area (Å²) in [5.74, 6) is -0.151. The molecule has 1 unspecified atom stereocenters. The monoisotopic (exact) mass is 367 g/mol. The van der Waals surface area contributed by atoms with Crippen LogP contribution in [0.5, 0.6) is 0 Å². The van der Waals surface area contributed by atoms with E-state index >= 15 is 0 Å². The van der Waals surface area contributed by atoms with Crippen LogP contribution in [-0.2, 0) is 16.0 Å². The normalized spacial score (nSPS) is 11.8. The van der Waals surface area contributed by atoms with Crippen molar-refractivity contribution < 1.29 is 9.59 Å². The summed E-state index contributed by atoms with van der Waals surface area (Å²) >= 11 is 0. The highest BCUT2D eigenvalue weighted by molar-refractivity contribution is 5.81. The highest BCUT2D eigenvalue weighted by Gasteiger charge is 2.17. The largest absolute Gasteiger partial charge is 0.355 e. The molecule has 0 aromatic heterocycles. The lowest BCUT2D eigenvalue weighted by Crippen LogP contribution is -2.42. The molecule has 0 saturated carbocycles. The van der Waals surface area contributed by atoms with Gasteiger partial charge in [-0.3, -0.25) is 14.5 Å². The molecule has 144 valence electrons. The number of amides is 2. The van der Waals surface area contributed by atoms with Gasteiger partial charge >= 0.3 is 0 Å². The second kappa shape index (κ2) is 11.1. The Morgan fingerprint density at radius 3 is 2.15 bits per heavy atom. The van der Waals surface area contributed by atoms with Crippen molar-refractivity contribution in [2.24, 2.45) is 0 Å². The number of nitrogens with one attached hydrogen (secondary N) is 2. The lowest BCUT2D eigenvalue weighted by atomic mass is 9.99. The van der Waals surface area contributed by atoms with Gasteiger partial charge in [-0.15, -0.1) is 0 Å². The second-order valence-corrected chi connectivity index (χ2v) is 6.74. The highest BCUT2D eigenvalue weighted by Crippen LogP contribution is 2.18. The number of carbonyl (C=O) groups is 2. The van der Waals surface area contributed by atoms with Gasteiger partial charge in [-0.05, 0) is 31.0 Å². The van der Waals surface area contributed by atoms with Gasteiger partial charge in [0.25, 0.3) is 0 Å². The Morgan fingerprint density at radius 1 is 0.926 bits per heavy atom. The Bertz CT molecular complexity index is 704. The van der Waals surface area contributed by atoms with Crippen LogP contribution in [0.15, 0.2) is 60.7 Å². The number of nitrogens with zero attached hydrogens (tertiary/aromatic N) is 1. The van der Waals surface area contributed by atoms with Crippen LogP contribution in [0, 0.1) is 0 Å². The molecule has 0 aliphatic carbocycles. The Labute approximate surface area is 161 Å². The van der Waals surface area contributed by atoms with Gasteiger partial charge in [-0.25, -0.2) is 0 Å². The zero-order valence-corrected chi connectivity index (χ0v) is 16.2. The predicted octanol–water partition coefficient (Wildman–Crippen LogP) is 2.54. The molecule has 0 aliphatic rings. The summed E-state index contributed by atoms with van der Waals surface area (Å²) < 4.78 is 0. The maximum Gasteiger partial charge on any atom is 0.234 e. The zero-order chi connectivity index (χ0) is 19.5. The van der Waals surface area contributed by atoms with Crippen molar-refractivity contribution in [2.45, 2.75) is 25.8 Å². The van der Waals surface area contributed by atoms with Crippen LogP contribution in [0.3, 0.4) is 0 Å². The third kappa shape index (κ3) is 7.62. The maximum absolute atomic E-state index is 12.5. The highest BCUT2D eigenvalue weighted by atomic mass is 16.2. The number of likely N-dealkylation sites (N-methyl/N-ethyl adjacent to an activating group) is 1. The van der Waals surface area contributed by atoms with E-state index in [2.05, 4.69) is 22.8 Å². The molecule has 0 spiro atoms. The van der Waals surface area contributed by atoms with Crippen LogP contribution in [-0.4, -0.2) is 43.4 Å². The summed E-state index contributed by atoms with van der Waals surface area (Å²) in [5, 5.41) is 5.94. The third-order valence-corrected chi connectivity index (χ3v) is 4.22. The van der Waals surface area contributed by atoms with E-state index in [1.807, 2.05) is 55.5 Å². The lowest BCUT2D eigenvalue weighted by Gasteiger charge is -2.22. The standard InChI is InChI=1S/C22H29N3O2/c1-3-14-23-21(26)16-25(2)17-22(27)24-20(19-12-8-5-9-13-19)15-18-10-6-4-7-11-18/h4-13,20H,3,14-17H2,1-2H3,(H,23,26)(H,24,27). The molecule has 27 heavy (non-hydrogen) atoms. The Hall–Kier alpha value is -2.66. The fourth-order valence-corrected chi connectivity index (χ4v) is 2.89. The number of hydrogen-bond acceptors (Lipinski definition) is 3. The number of carbonyl (C=O) groups excluding carboxylic acids is 2. The minimum absolute atomic E-state index is 0.0592. The smallest absolute Gasteiger partial charge is 0.234 e. The van der Waals surface area contributed by atoms with Crippen LogP contribution < -0.4 is 10.6 Å². The molecule has 5 nitrogen and oxygen atoms in total. The molecule has 0 radical (unpaired) electrons. The molecule has 0 bridgehead atoms. The molecule has 0 heterocycles. The van der Waals surface area contributed by atoms with Crippen molar-refractivity contribution in [3.8, 4) is 0 Å². The molecule has 2 rings (SSSR count). The van der Waals surface area contributed by atoms with Crippen LogP contribution in [0.4, 0.5) is 0 Å². The quantitative estimate of drug-likeness (QED) is 0.678. The number of hydrogen-bond donors (Lipinski definition) is 2. The molecular formula is C22H29N3O2. The SMILES string of the molecule is CCCNC(=O)CN(C)CC(=O)NC(Cc1ccccc1)c1ccccc1. The van der Waals surface area contributed by atoms with Crippen LogP contribution in [0.25, 0.3) is 0 Å². The Balaban J connectivity index is 1.96. The fraction of sp³-hybridized carbons (Fsp3) is 0.364. The molecule has 0 aliphatic heterocycles. The Morgan fingerprint density at radius 2 is 1.52 bits per heavy atom. The van der Waals surface area contributed by atoms with Crippen molar-refractivity contribution in [3.63, 3.8) is 0 Å². The average molecular weight is 367 g/mol. The van der Waals surface area contributed by atoms with E-state index in [4.69, 9.17) is 0 Å². The molecular weight excluding hydrogens is 338 g/mol. The van der Waals surface area contributed by atoms with Crippen molar-refractivity contribution >= 4 is 11.8 Å². The van der Waals surface area contributed by atoms with Crippen molar-refractivity contribution in [1.82, 2.24) is 15.5 Å². The molecule has 2 amide bonds.